The highest BCUT2D eigenvalue weighted by Crippen LogP contribution is 2.52. The van der Waals surface area contributed by atoms with Crippen LogP contribution in [0.15, 0.2) is 34.9 Å². The molecular formula is C21H24N2O. The molecule has 3 heteroatoms. The Morgan fingerprint density at radius 2 is 1.96 bits per heavy atom. The van der Waals surface area contributed by atoms with Crippen LogP contribution in [-0.4, -0.2) is 17.1 Å². The van der Waals surface area contributed by atoms with Crippen LogP contribution in [0.5, 0.6) is 0 Å². The summed E-state index contributed by atoms with van der Waals surface area (Å²) in [5.74, 6) is 0. The van der Waals surface area contributed by atoms with Gasteiger partial charge in [0.25, 0.3) is 0 Å². The molecule has 3 aliphatic rings. The Bertz CT molecular complexity index is 934. The maximum atomic E-state index is 6.25. The molecule has 3 fully saturated rings. The van der Waals surface area contributed by atoms with Crippen molar-refractivity contribution in [3.8, 4) is 0 Å². The molecule has 124 valence electrons. The number of hydrogen-bond acceptors (Lipinski definition) is 3. The first kappa shape index (κ1) is 14.3. The molecule has 1 atom stereocenters. The van der Waals surface area contributed by atoms with Crippen molar-refractivity contribution in [1.29, 1.82) is 0 Å². The second-order valence-electron chi connectivity index (χ2n) is 8.03. The summed E-state index contributed by atoms with van der Waals surface area (Å²) in [4.78, 5) is 7.10. The lowest BCUT2D eigenvalue weighted by Gasteiger charge is -2.57. The average Bonchev–Trinajstić information content (AvgIpc) is 2.96. The number of fused-ring (bicyclic) bond motifs is 6. The van der Waals surface area contributed by atoms with Crippen LogP contribution < -0.4 is 4.90 Å². The van der Waals surface area contributed by atoms with E-state index >= 15 is 0 Å². The lowest BCUT2D eigenvalue weighted by atomic mass is 9.64. The van der Waals surface area contributed by atoms with E-state index in [0.29, 0.717) is 17.5 Å². The van der Waals surface area contributed by atoms with Crippen molar-refractivity contribution in [3.05, 3.63) is 36.0 Å². The highest BCUT2D eigenvalue weighted by atomic mass is 16.3. The van der Waals surface area contributed by atoms with Crippen LogP contribution >= 0.6 is 0 Å². The molecule has 1 saturated carbocycles. The van der Waals surface area contributed by atoms with Crippen LogP contribution in [0.4, 0.5) is 5.69 Å². The van der Waals surface area contributed by atoms with E-state index in [9.17, 15) is 0 Å². The Kier molecular flexibility index (Phi) is 2.83. The number of aryl methyl sites for hydroxylation is 1. The van der Waals surface area contributed by atoms with Gasteiger partial charge in [-0.15, -0.1) is 0 Å². The van der Waals surface area contributed by atoms with Crippen LogP contribution in [-0.2, 0) is 0 Å². The van der Waals surface area contributed by atoms with Crippen molar-refractivity contribution in [1.82, 2.24) is 4.98 Å². The molecule has 0 amide bonds. The zero-order chi connectivity index (χ0) is 16.5. The van der Waals surface area contributed by atoms with Gasteiger partial charge in [0.2, 0.25) is 5.71 Å². The van der Waals surface area contributed by atoms with Crippen molar-refractivity contribution < 1.29 is 4.42 Å². The number of furan rings is 1. The summed E-state index contributed by atoms with van der Waals surface area (Å²) in [5, 5.41) is 2.31. The lowest BCUT2D eigenvalue weighted by molar-refractivity contribution is 0.0967. The van der Waals surface area contributed by atoms with Crippen LogP contribution in [0, 0.1) is 12.3 Å². The predicted octanol–water partition coefficient (Wildman–Crippen LogP) is 5.45. The molecule has 2 bridgehead atoms. The van der Waals surface area contributed by atoms with Gasteiger partial charge in [0, 0.05) is 29.1 Å². The summed E-state index contributed by atoms with van der Waals surface area (Å²) >= 11 is 0. The topological polar surface area (TPSA) is 29.3 Å². The van der Waals surface area contributed by atoms with Gasteiger partial charge in [0.1, 0.15) is 0 Å². The fourth-order valence-electron chi connectivity index (χ4n) is 5.07. The van der Waals surface area contributed by atoms with Gasteiger partial charge in [0.05, 0.1) is 5.69 Å². The third-order valence-corrected chi connectivity index (χ3v) is 6.77. The Labute approximate surface area is 142 Å². The van der Waals surface area contributed by atoms with Gasteiger partial charge in [0.15, 0.2) is 5.58 Å². The third kappa shape index (κ3) is 1.76. The van der Waals surface area contributed by atoms with Crippen LogP contribution in [0.1, 0.15) is 45.1 Å². The van der Waals surface area contributed by atoms with Gasteiger partial charge in [-0.3, -0.25) is 0 Å². The van der Waals surface area contributed by atoms with Crippen molar-refractivity contribution >= 4 is 27.8 Å². The highest BCUT2D eigenvalue weighted by Gasteiger charge is 2.48. The Morgan fingerprint density at radius 3 is 2.75 bits per heavy atom. The molecule has 0 radical (unpaired) electrons. The first-order valence-electron chi connectivity index (χ1n) is 9.14. The number of benzene rings is 1. The zero-order valence-corrected chi connectivity index (χ0v) is 14.7. The molecule has 0 spiro atoms. The third-order valence-electron chi connectivity index (χ3n) is 6.77. The first-order chi connectivity index (χ1) is 11.6. The fraction of sp³-hybridized carbons (Fsp3) is 0.476. The summed E-state index contributed by atoms with van der Waals surface area (Å²) < 4.78 is 6.25. The molecule has 0 N–H and O–H groups in total. The number of anilines is 1. The standard InChI is InChI=1S/C21H24N2O/c1-13-6-7-16-17-5-4-12-22-20(17)24-19(16)18(13)23-14(2)21(3)10-8-15(23)9-11-21/h4-7,12,14-15H,8-11H2,1-3H3/t14-,15?,21?/m0/s1. The van der Waals surface area contributed by atoms with E-state index in [2.05, 4.69) is 48.9 Å². The molecule has 3 nitrogen and oxygen atoms in total. The quantitative estimate of drug-likeness (QED) is 0.597. The van der Waals surface area contributed by atoms with Crippen molar-refractivity contribution in [2.45, 2.75) is 58.5 Å². The predicted molar refractivity (Wildman–Crippen MR) is 98.6 cm³/mol. The smallest absolute Gasteiger partial charge is 0.227 e. The number of aromatic nitrogens is 1. The largest absolute Gasteiger partial charge is 0.436 e. The molecule has 6 rings (SSSR count). The Morgan fingerprint density at radius 1 is 1.17 bits per heavy atom. The Hall–Kier alpha value is -2.03. The van der Waals surface area contributed by atoms with E-state index in [1.807, 2.05) is 12.3 Å². The SMILES string of the molecule is Cc1ccc2c(oc3ncccc32)c1N1C2CCC(C)(CC2)[C@@H]1C. The monoisotopic (exact) mass is 320 g/mol. The van der Waals surface area contributed by atoms with Gasteiger partial charge in [-0.2, -0.15) is 0 Å². The lowest BCUT2D eigenvalue weighted by Crippen LogP contribution is -2.59. The fourth-order valence-corrected chi connectivity index (χ4v) is 5.07. The minimum atomic E-state index is 0.424. The maximum Gasteiger partial charge on any atom is 0.227 e. The van der Waals surface area contributed by atoms with E-state index in [-0.39, 0.29) is 0 Å². The molecule has 3 aromatic rings. The Balaban J connectivity index is 1.78. The van der Waals surface area contributed by atoms with E-state index in [0.717, 1.165) is 16.7 Å². The summed E-state index contributed by atoms with van der Waals surface area (Å²) in [6.07, 6.45) is 7.12. The number of piperidine rings is 2. The van der Waals surface area contributed by atoms with Gasteiger partial charge < -0.3 is 9.32 Å². The van der Waals surface area contributed by atoms with Gasteiger partial charge in [-0.25, -0.2) is 4.98 Å². The number of nitrogens with zero attached hydrogens (tertiary/aromatic N) is 2. The molecule has 0 unspecified atom stereocenters. The molecule has 1 aromatic carbocycles. The van der Waals surface area contributed by atoms with E-state index in [1.165, 1.54) is 42.3 Å². The average molecular weight is 320 g/mol. The zero-order valence-electron chi connectivity index (χ0n) is 14.7. The second-order valence-corrected chi connectivity index (χ2v) is 8.03. The summed E-state index contributed by atoms with van der Waals surface area (Å²) in [6, 6.07) is 9.74. The summed E-state index contributed by atoms with van der Waals surface area (Å²) in [7, 11) is 0. The molecule has 2 aliphatic heterocycles. The molecule has 24 heavy (non-hydrogen) atoms. The normalized spacial score (nSPS) is 29.7. The molecule has 1 aliphatic carbocycles. The number of hydrogen-bond donors (Lipinski definition) is 0. The van der Waals surface area contributed by atoms with Crippen LogP contribution in [0.25, 0.3) is 22.1 Å². The minimum Gasteiger partial charge on any atom is -0.436 e. The molecular weight excluding hydrogens is 296 g/mol. The number of pyridine rings is 1. The van der Waals surface area contributed by atoms with Crippen LogP contribution in [0.3, 0.4) is 0 Å². The molecule has 2 aromatic heterocycles. The number of rotatable bonds is 1. The summed E-state index contributed by atoms with van der Waals surface area (Å²) in [5.41, 5.74) is 4.80. The van der Waals surface area contributed by atoms with Crippen molar-refractivity contribution in [2.24, 2.45) is 5.41 Å². The van der Waals surface area contributed by atoms with E-state index < -0.39 is 0 Å². The van der Waals surface area contributed by atoms with Crippen LogP contribution in [0.2, 0.25) is 0 Å². The summed E-state index contributed by atoms with van der Waals surface area (Å²) in [6.45, 7) is 7.09. The van der Waals surface area contributed by atoms with E-state index in [1.54, 1.807) is 0 Å². The van der Waals surface area contributed by atoms with Crippen molar-refractivity contribution in [2.75, 3.05) is 4.90 Å². The second kappa shape index (κ2) is 4.75. The molecule has 4 heterocycles. The van der Waals surface area contributed by atoms with Crippen molar-refractivity contribution in [3.63, 3.8) is 0 Å². The van der Waals surface area contributed by atoms with Gasteiger partial charge in [-0.05, 0) is 62.6 Å². The maximum absolute atomic E-state index is 6.25. The van der Waals surface area contributed by atoms with E-state index in [4.69, 9.17) is 4.42 Å². The first-order valence-corrected chi connectivity index (χ1v) is 9.14. The highest BCUT2D eigenvalue weighted by molar-refractivity contribution is 6.08. The van der Waals surface area contributed by atoms with Gasteiger partial charge in [-0.1, -0.05) is 19.1 Å². The minimum absolute atomic E-state index is 0.424. The molecule has 2 saturated heterocycles. The van der Waals surface area contributed by atoms with Gasteiger partial charge >= 0.3 is 0 Å².